The third-order valence-corrected chi connectivity index (χ3v) is 6.25. The maximum atomic E-state index is 13.8. The van der Waals surface area contributed by atoms with Crippen LogP contribution in [0.15, 0.2) is 84.9 Å². The van der Waals surface area contributed by atoms with Gasteiger partial charge in [-0.05, 0) is 37.0 Å². The van der Waals surface area contributed by atoms with Gasteiger partial charge in [-0.25, -0.2) is 0 Å². The highest BCUT2D eigenvalue weighted by Gasteiger charge is 2.28. The molecule has 0 fully saturated rings. The van der Waals surface area contributed by atoms with Crippen LogP contribution >= 0.6 is 0 Å². The van der Waals surface area contributed by atoms with Gasteiger partial charge in [0.2, 0.25) is 11.8 Å². The quantitative estimate of drug-likeness (QED) is 0.368. The van der Waals surface area contributed by atoms with Crippen LogP contribution in [0, 0.1) is 6.92 Å². The zero-order valence-corrected chi connectivity index (χ0v) is 20.5. The van der Waals surface area contributed by atoms with Gasteiger partial charge in [0.1, 0.15) is 6.04 Å². The van der Waals surface area contributed by atoms with Crippen molar-refractivity contribution in [2.45, 2.75) is 58.5 Å². The van der Waals surface area contributed by atoms with Crippen molar-refractivity contribution in [2.75, 3.05) is 6.54 Å². The van der Waals surface area contributed by atoms with E-state index in [1.807, 2.05) is 74.5 Å². The first-order chi connectivity index (χ1) is 16.5. The Morgan fingerprint density at radius 3 is 1.94 bits per heavy atom. The maximum Gasteiger partial charge on any atom is 0.242 e. The van der Waals surface area contributed by atoms with E-state index in [1.165, 1.54) is 5.56 Å². The highest BCUT2D eigenvalue weighted by Crippen LogP contribution is 2.29. The molecule has 2 amide bonds. The maximum absolute atomic E-state index is 13.8. The van der Waals surface area contributed by atoms with Crippen LogP contribution in [0.2, 0.25) is 0 Å². The Balaban J connectivity index is 1.87. The van der Waals surface area contributed by atoms with E-state index in [-0.39, 0.29) is 17.7 Å². The summed E-state index contributed by atoms with van der Waals surface area (Å²) < 4.78 is 0. The summed E-state index contributed by atoms with van der Waals surface area (Å²) in [6, 6.07) is 27.8. The number of hydrogen-bond acceptors (Lipinski definition) is 2. The van der Waals surface area contributed by atoms with E-state index in [1.54, 1.807) is 4.90 Å². The predicted octanol–water partition coefficient (Wildman–Crippen LogP) is 5.85. The molecule has 178 valence electrons. The molecule has 1 N–H and O–H groups in total. The van der Waals surface area contributed by atoms with Crippen LogP contribution in [0.3, 0.4) is 0 Å². The lowest BCUT2D eigenvalue weighted by Gasteiger charge is -2.30. The standard InChI is InChI=1S/C30H36N2O2/c1-4-5-20-31-30(34)24(3)32(22-25-18-16-23(2)17-19-25)29(33)21-28(26-12-8-6-9-13-26)27-14-10-7-11-15-27/h6-19,24,28H,4-5,20-22H2,1-3H3,(H,31,34)/t24-/m0/s1. The Kier molecular flexibility index (Phi) is 9.45. The van der Waals surface area contributed by atoms with E-state index in [4.69, 9.17) is 0 Å². The van der Waals surface area contributed by atoms with E-state index in [0.717, 1.165) is 29.5 Å². The molecule has 3 rings (SSSR count). The molecule has 0 heterocycles. The summed E-state index contributed by atoms with van der Waals surface area (Å²) in [5.74, 6) is -0.216. The zero-order valence-electron chi connectivity index (χ0n) is 20.5. The third kappa shape index (κ3) is 7.05. The zero-order chi connectivity index (χ0) is 24.3. The van der Waals surface area contributed by atoms with Crippen LogP contribution in [0.1, 0.15) is 61.3 Å². The van der Waals surface area contributed by atoms with Crippen molar-refractivity contribution in [3.05, 3.63) is 107 Å². The van der Waals surface area contributed by atoms with Gasteiger partial charge in [-0.15, -0.1) is 0 Å². The van der Waals surface area contributed by atoms with Gasteiger partial charge in [0.15, 0.2) is 0 Å². The monoisotopic (exact) mass is 456 g/mol. The number of carbonyl (C=O) groups excluding carboxylic acids is 2. The number of hydrogen-bond donors (Lipinski definition) is 1. The number of rotatable bonds is 11. The van der Waals surface area contributed by atoms with E-state index < -0.39 is 6.04 Å². The average Bonchev–Trinajstić information content (AvgIpc) is 2.87. The Morgan fingerprint density at radius 2 is 1.41 bits per heavy atom. The van der Waals surface area contributed by atoms with Gasteiger partial charge >= 0.3 is 0 Å². The van der Waals surface area contributed by atoms with E-state index >= 15 is 0 Å². The summed E-state index contributed by atoms with van der Waals surface area (Å²) >= 11 is 0. The topological polar surface area (TPSA) is 49.4 Å². The molecule has 0 saturated carbocycles. The predicted molar refractivity (Wildman–Crippen MR) is 138 cm³/mol. The molecule has 34 heavy (non-hydrogen) atoms. The fourth-order valence-corrected chi connectivity index (χ4v) is 4.10. The van der Waals surface area contributed by atoms with Crippen molar-refractivity contribution in [1.29, 1.82) is 0 Å². The molecule has 0 aliphatic carbocycles. The van der Waals surface area contributed by atoms with Gasteiger partial charge < -0.3 is 10.2 Å². The number of amides is 2. The van der Waals surface area contributed by atoms with Crippen molar-refractivity contribution in [3.63, 3.8) is 0 Å². The van der Waals surface area contributed by atoms with E-state index in [2.05, 4.69) is 36.5 Å². The summed E-state index contributed by atoms with van der Waals surface area (Å²) in [7, 11) is 0. The van der Waals surface area contributed by atoms with Crippen LogP contribution in [0.25, 0.3) is 0 Å². The van der Waals surface area contributed by atoms with Gasteiger partial charge in [-0.1, -0.05) is 104 Å². The summed E-state index contributed by atoms with van der Waals surface area (Å²) in [6.07, 6.45) is 2.23. The second-order valence-electron chi connectivity index (χ2n) is 8.91. The molecule has 1 atom stereocenters. The second kappa shape index (κ2) is 12.7. The molecule has 3 aromatic rings. The molecule has 4 heteroatoms. The fraction of sp³-hybridized carbons (Fsp3) is 0.333. The number of nitrogens with zero attached hydrogens (tertiary/aromatic N) is 1. The van der Waals surface area contributed by atoms with E-state index in [9.17, 15) is 9.59 Å². The van der Waals surface area contributed by atoms with Crippen molar-refractivity contribution >= 4 is 11.8 Å². The molecular weight excluding hydrogens is 420 g/mol. The van der Waals surface area contributed by atoms with Crippen LogP contribution < -0.4 is 5.32 Å². The molecular formula is C30H36N2O2. The van der Waals surface area contributed by atoms with Gasteiger partial charge in [0.25, 0.3) is 0 Å². The molecule has 0 aliphatic heterocycles. The average molecular weight is 457 g/mol. The van der Waals surface area contributed by atoms with Gasteiger partial charge in [-0.2, -0.15) is 0 Å². The summed E-state index contributed by atoms with van der Waals surface area (Å²) in [5, 5.41) is 3.00. The van der Waals surface area contributed by atoms with Gasteiger partial charge in [0.05, 0.1) is 0 Å². The number of nitrogens with one attached hydrogen (secondary N) is 1. The Hall–Kier alpha value is -3.40. The first-order valence-corrected chi connectivity index (χ1v) is 12.2. The Bertz CT molecular complexity index is 993. The minimum atomic E-state index is -0.558. The molecule has 0 aliphatic rings. The first kappa shape index (κ1) is 25.2. The number of benzene rings is 3. The van der Waals surface area contributed by atoms with Crippen molar-refractivity contribution in [1.82, 2.24) is 10.2 Å². The molecule has 0 aromatic heterocycles. The molecule has 0 unspecified atom stereocenters. The van der Waals surface area contributed by atoms with Crippen molar-refractivity contribution < 1.29 is 9.59 Å². The van der Waals surface area contributed by atoms with Crippen molar-refractivity contribution in [2.24, 2.45) is 0 Å². The Morgan fingerprint density at radius 1 is 0.853 bits per heavy atom. The number of aryl methyl sites for hydroxylation is 1. The molecule has 0 saturated heterocycles. The SMILES string of the molecule is CCCCNC(=O)[C@H](C)N(Cc1ccc(C)cc1)C(=O)CC(c1ccccc1)c1ccccc1. The molecule has 0 radical (unpaired) electrons. The van der Waals surface area contributed by atoms with E-state index in [0.29, 0.717) is 19.5 Å². The molecule has 0 spiro atoms. The molecule has 3 aromatic carbocycles. The van der Waals surface area contributed by atoms with Crippen LogP contribution in [0.5, 0.6) is 0 Å². The van der Waals surface area contributed by atoms with Crippen molar-refractivity contribution in [3.8, 4) is 0 Å². The minimum absolute atomic E-state index is 0.0311. The van der Waals surface area contributed by atoms with Gasteiger partial charge in [-0.3, -0.25) is 9.59 Å². The summed E-state index contributed by atoms with van der Waals surface area (Å²) in [4.78, 5) is 28.4. The number of carbonyl (C=O) groups is 2. The lowest BCUT2D eigenvalue weighted by atomic mass is 9.88. The Labute approximate surface area is 204 Å². The first-order valence-electron chi connectivity index (χ1n) is 12.2. The highest BCUT2D eigenvalue weighted by atomic mass is 16.2. The van der Waals surface area contributed by atoms with Crippen LogP contribution in [0.4, 0.5) is 0 Å². The summed E-state index contributed by atoms with van der Waals surface area (Å²) in [6.45, 7) is 6.99. The summed E-state index contributed by atoms with van der Waals surface area (Å²) in [5.41, 5.74) is 4.37. The second-order valence-corrected chi connectivity index (χ2v) is 8.91. The highest BCUT2D eigenvalue weighted by molar-refractivity contribution is 5.87. The van der Waals surface area contributed by atoms with Gasteiger partial charge in [0, 0.05) is 25.4 Å². The minimum Gasteiger partial charge on any atom is -0.354 e. The third-order valence-electron chi connectivity index (χ3n) is 6.25. The fourth-order valence-electron chi connectivity index (χ4n) is 4.10. The normalized spacial score (nSPS) is 11.8. The lowest BCUT2D eigenvalue weighted by Crippen LogP contribution is -2.48. The molecule has 0 bridgehead atoms. The number of unbranched alkanes of at least 4 members (excludes halogenated alkanes) is 1. The van der Waals surface area contributed by atoms with Crippen LogP contribution in [-0.4, -0.2) is 29.3 Å². The largest absolute Gasteiger partial charge is 0.354 e. The molecule has 4 nitrogen and oxygen atoms in total. The lowest BCUT2D eigenvalue weighted by molar-refractivity contribution is -0.140. The van der Waals surface area contributed by atoms with Crippen LogP contribution in [-0.2, 0) is 16.1 Å². The smallest absolute Gasteiger partial charge is 0.242 e.